The molecule has 1 aromatic rings. The van der Waals surface area contributed by atoms with E-state index in [1.54, 1.807) is 24.3 Å². The minimum atomic E-state index is -2.04. The third kappa shape index (κ3) is 2.81. The summed E-state index contributed by atoms with van der Waals surface area (Å²) >= 11 is 0. The van der Waals surface area contributed by atoms with Crippen molar-refractivity contribution in [1.29, 1.82) is 0 Å². The van der Waals surface area contributed by atoms with E-state index in [0.717, 1.165) is 0 Å². The Balaban J connectivity index is 1.56. The van der Waals surface area contributed by atoms with Crippen molar-refractivity contribution >= 4 is 20.3 Å². The lowest BCUT2D eigenvalue weighted by atomic mass is 9.51. The minimum Gasteiger partial charge on any atom is -0.461 e. The van der Waals surface area contributed by atoms with Crippen LogP contribution in [0.2, 0.25) is 18.1 Å². The first kappa shape index (κ1) is 20.6. The Morgan fingerprint density at radius 1 is 1.28 bits per heavy atom. The predicted octanol–water partition coefficient (Wildman–Crippen LogP) is 3.30. The van der Waals surface area contributed by atoms with Gasteiger partial charge in [0.1, 0.15) is 12.7 Å². The van der Waals surface area contributed by atoms with Crippen LogP contribution >= 0.6 is 0 Å². The van der Waals surface area contributed by atoms with Crippen LogP contribution in [0.25, 0.3) is 0 Å². The van der Waals surface area contributed by atoms with Crippen molar-refractivity contribution in [2.75, 3.05) is 6.61 Å². The fourth-order valence-electron chi connectivity index (χ4n) is 4.92. The molecule has 0 spiro atoms. The molecule has 1 heterocycles. The van der Waals surface area contributed by atoms with Crippen LogP contribution in [0.1, 0.15) is 44.0 Å². The van der Waals surface area contributed by atoms with Gasteiger partial charge in [-0.3, -0.25) is 0 Å². The summed E-state index contributed by atoms with van der Waals surface area (Å²) in [6.45, 7) is 10.9. The standard InChI is InChI=1S/C22H30O6Si/c1-20(2,3)29(4,5)28-16-11-17-21(15(16)12-22(21,25)19(24)27-17)13-26-18(23)14-9-7-6-8-10-14/h6-10,15-17,25H,11-13H2,1-5H3/t15-,16+,17+,21-,22-/m0/s1. The van der Waals surface area contributed by atoms with Gasteiger partial charge in [0.15, 0.2) is 13.9 Å². The summed E-state index contributed by atoms with van der Waals surface area (Å²) < 4.78 is 17.8. The average Bonchev–Trinajstić information content (AvgIpc) is 2.94. The summed E-state index contributed by atoms with van der Waals surface area (Å²) in [5.41, 5.74) is -2.06. The second-order valence-corrected chi connectivity index (χ2v) is 15.0. The summed E-state index contributed by atoms with van der Waals surface area (Å²) in [7, 11) is -2.04. The second-order valence-electron chi connectivity index (χ2n) is 10.2. The highest BCUT2D eigenvalue weighted by atomic mass is 28.4. The van der Waals surface area contributed by atoms with Gasteiger partial charge in [-0.2, -0.15) is 0 Å². The molecular weight excluding hydrogens is 388 g/mol. The van der Waals surface area contributed by atoms with Crippen LogP contribution in [0.3, 0.4) is 0 Å². The lowest BCUT2D eigenvalue weighted by Crippen LogP contribution is -2.68. The molecule has 1 aliphatic heterocycles. The van der Waals surface area contributed by atoms with E-state index in [2.05, 4.69) is 33.9 Å². The third-order valence-corrected chi connectivity index (χ3v) is 12.2. The van der Waals surface area contributed by atoms with Gasteiger partial charge in [0.2, 0.25) is 0 Å². The SMILES string of the molecule is CC(C)(C)[Si](C)(C)O[C@@H]1C[C@H]2OC(=O)[C@@]3(O)C[C@@H]1[C@@]23COC(=O)c1ccccc1. The van der Waals surface area contributed by atoms with Gasteiger partial charge in [0, 0.05) is 12.3 Å². The molecule has 3 fully saturated rings. The van der Waals surface area contributed by atoms with Crippen LogP contribution in [-0.4, -0.2) is 49.8 Å². The molecule has 29 heavy (non-hydrogen) atoms. The molecule has 0 bridgehead atoms. The molecule has 7 heteroatoms. The van der Waals surface area contributed by atoms with Gasteiger partial charge in [-0.15, -0.1) is 0 Å². The zero-order chi connectivity index (χ0) is 21.2. The fourth-order valence-corrected chi connectivity index (χ4v) is 6.29. The third-order valence-electron chi connectivity index (χ3n) is 7.71. The molecule has 0 amide bonds. The van der Waals surface area contributed by atoms with E-state index in [9.17, 15) is 14.7 Å². The van der Waals surface area contributed by atoms with E-state index in [1.807, 2.05) is 6.07 Å². The maximum Gasteiger partial charge on any atom is 0.339 e. The topological polar surface area (TPSA) is 82.1 Å². The molecule has 2 saturated carbocycles. The van der Waals surface area contributed by atoms with Crippen LogP contribution in [0.15, 0.2) is 30.3 Å². The van der Waals surface area contributed by atoms with Gasteiger partial charge in [-0.1, -0.05) is 39.0 Å². The Hall–Kier alpha value is -1.70. The van der Waals surface area contributed by atoms with Gasteiger partial charge < -0.3 is 19.0 Å². The number of carbonyl (C=O) groups excluding carboxylic acids is 2. The van der Waals surface area contributed by atoms with Crippen molar-refractivity contribution < 1.29 is 28.6 Å². The van der Waals surface area contributed by atoms with Crippen LogP contribution in [-0.2, 0) is 18.7 Å². The van der Waals surface area contributed by atoms with E-state index >= 15 is 0 Å². The van der Waals surface area contributed by atoms with Crippen LogP contribution in [0, 0.1) is 11.3 Å². The van der Waals surface area contributed by atoms with Crippen LogP contribution in [0.5, 0.6) is 0 Å². The zero-order valence-electron chi connectivity index (χ0n) is 17.7. The average molecular weight is 419 g/mol. The van der Waals surface area contributed by atoms with Crippen LogP contribution in [0.4, 0.5) is 0 Å². The Labute approximate surface area is 172 Å². The van der Waals surface area contributed by atoms with Gasteiger partial charge >= 0.3 is 11.9 Å². The summed E-state index contributed by atoms with van der Waals surface area (Å²) in [5.74, 6) is -1.13. The number of aliphatic hydroxyl groups is 1. The Kier molecular flexibility index (Phi) is 4.54. The maximum atomic E-state index is 12.5. The van der Waals surface area contributed by atoms with E-state index in [1.165, 1.54) is 0 Å². The predicted molar refractivity (Wildman–Crippen MR) is 109 cm³/mol. The molecule has 6 nitrogen and oxygen atoms in total. The van der Waals surface area contributed by atoms with Crippen LogP contribution < -0.4 is 0 Å². The quantitative estimate of drug-likeness (QED) is 0.584. The largest absolute Gasteiger partial charge is 0.461 e. The summed E-state index contributed by atoms with van der Waals surface area (Å²) in [4.78, 5) is 24.9. The fraction of sp³-hybridized carbons (Fsp3) is 0.636. The highest BCUT2D eigenvalue weighted by Gasteiger charge is 2.83. The normalized spacial score (nSPS) is 35.7. The molecule has 0 radical (unpaired) electrons. The van der Waals surface area contributed by atoms with E-state index in [4.69, 9.17) is 13.9 Å². The Morgan fingerprint density at radius 2 is 1.93 bits per heavy atom. The summed E-state index contributed by atoms with van der Waals surface area (Å²) in [6.07, 6.45) is 0.236. The number of esters is 2. The lowest BCUT2D eigenvalue weighted by molar-refractivity contribution is -0.210. The van der Waals surface area contributed by atoms with Crippen molar-refractivity contribution in [3.05, 3.63) is 35.9 Å². The highest BCUT2D eigenvalue weighted by Crippen LogP contribution is 2.69. The maximum absolute atomic E-state index is 12.5. The molecule has 1 saturated heterocycles. The minimum absolute atomic E-state index is 0.0460. The van der Waals surface area contributed by atoms with Crippen molar-refractivity contribution in [3.63, 3.8) is 0 Å². The first-order chi connectivity index (χ1) is 13.4. The Bertz CT molecular complexity index is 831. The number of benzene rings is 1. The van der Waals surface area contributed by atoms with Crippen molar-refractivity contribution in [3.8, 4) is 0 Å². The lowest BCUT2D eigenvalue weighted by Gasteiger charge is -2.54. The second kappa shape index (κ2) is 6.40. The molecular formula is C22H30O6Si. The van der Waals surface area contributed by atoms with Gasteiger partial charge in [0.05, 0.1) is 17.1 Å². The Morgan fingerprint density at radius 3 is 2.55 bits per heavy atom. The highest BCUT2D eigenvalue weighted by molar-refractivity contribution is 6.74. The molecule has 1 aromatic carbocycles. The number of ether oxygens (including phenoxy) is 2. The van der Waals surface area contributed by atoms with Gasteiger partial charge in [-0.05, 0) is 36.7 Å². The molecule has 0 aromatic heterocycles. The first-order valence-electron chi connectivity index (χ1n) is 10.3. The summed E-state index contributed by atoms with van der Waals surface area (Å²) in [5, 5.41) is 11.1. The number of carbonyl (C=O) groups is 2. The van der Waals surface area contributed by atoms with E-state index in [-0.39, 0.29) is 23.7 Å². The molecule has 4 rings (SSSR count). The number of hydrogen-bond acceptors (Lipinski definition) is 6. The first-order valence-corrected chi connectivity index (χ1v) is 13.2. The molecule has 2 aliphatic carbocycles. The van der Waals surface area contributed by atoms with Crippen molar-refractivity contribution in [1.82, 2.24) is 0 Å². The summed E-state index contributed by atoms with van der Waals surface area (Å²) in [6, 6.07) is 8.72. The molecule has 3 aliphatic rings. The van der Waals surface area contributed by atoms with Gasteiger partial charge in [-0.25, -0.2) is 9.59 Å². The molecule has 0 unspecified atom stereocenters. The molecule has 158 valence electrons. The smallest absolute Gasteiger partial charge is 0.339 e. The van der Waals surface area contributed by atoms with E-state index < -0.39 is 37.4 Å². The number of hydrogen-bond donors (Lipinski definition) is 1. The van der Waals surface area contributed by atoms with E-state index in [0.29, 0.717) is 18.4 Å². The van der Waals surface area contributed by atoms with Crippen molar-refractivity contribution in [2.24, 2.45) is 11.3 Å². The molecule has 1 N–H and O–H groups in total. The zero-order valence-corrected chi connectivity index (χ0v) is 18.7. The monoisotopic (exact) mass is 418 g/mol. The number of rotatable bonds is 5. The van der Waals surface area contributed by atoms with Gasteiger partial charge in [0.25, 0.3) is 0 Å². The van der Waals surface area contributed by atoms with Crippen molar-refractivity contribution in [2.45, 2.75) is 69.6 Å². The molecule has 5 atom stereocenters.